The third-order valence-electron chi connectivity index (χ3n) is 2.12. The van der Waals surface area contributed by atoms with E-state index in [1.54, 1.807) is 0 Å². The number of hydrogen-bond acceptors (Lipinski definition) is 3. The fourth-order valence-electron chi connectivity index (χ4n) is 1.38. The average molecular weight is 273 g/mol. The number of carbonyl (C=O) groups is 2. The van der Waals surface area contributed by atoms with Gasteiger partial charge in [0.15, 0.2) is 0 Å². The van der Waals surface area contributed by atoms with Gasteiger partial charge in [0.25, 0.3) is 0 Å². The standard InChI is InChI=1S/C12H13F2NO4/c13-9-3-8(4-10(14)5-9)1-2-15-11(16)6-19-7-12(17)18/h3-5H,1-2,6-7H2,(H,15,16)(H,17,18). The lowest BCUT2D eigenvalue weighted by Gasteiger charge is -2.05. The summed E-state index contributed by atoms with van der Waals surface area (Å²) in [5.41, 5.74) is 0.421. The van der Waals surface area contributed by atoms with Crippen LogP contribution in [0.3, 0.4) is 0 Å². The molecule has 1 amide bonds. The molecule has 0 atom stereocenters. The molecule has 0 radical (unpaired) electrons. The highest BCUT2D eigenvalue weighted by Crippen LogP contribution is 2.07. The second-order valence-corrected chi connectivity index (χ2v) is 3.76. The van der Waals surface area contributed by atoms with Crippen LogP contribution in [0.5, 0.6) is 0 Å². The number of ether oxygens (including phenoxy) is 1. The maximum Gasteiger partial charge on any atom is 0.329 e. The maximum atomic E-state index is 12.9. The highest BCUT2D eigenvalue weighted by molar-refractivity contribution is 5.77. The van der Waals surface area contributed by atoms with E-state index < -0.39 is 30.1 Å². The number of carboxylic acid groups (broad SMARTS) is 1. The molecule has 5 nitrogen and oxygen atoms in total. The lowest BCUT2D eigenvalue weighted by Crippen LogP contribution is -2.30. The SMILES string of the molecule is O=C(O)COCC(=O)NCCc1cc(F)cc(F)c1. The molecule has 19 heavy (non-hydrogen) atoms. The van der Waals surface area contributed by atoms with E-state index in [-0.39, 0.29) is 19.6 Å². The number of amides is 1. The fourth-order valence-corrected chi connectivity index (χ4v) is 1.38. The zero-order chi connectivity index (χ0) is 14.3. The number of rotatable bonds is 7. The molecule has 0 bridgehead atoms. The summed E-state index contributed by atoms with van der Waals surface area (Å²) in [4.78, 5) is 21.3. The summed E-state index contributed by atoms with van der Waals surface area (Å²) in [6, 6.07) is 3.12. The van der Waals surface area contributed by atoms with Gasteiger partial charge in [-0.25, -0.2) is 13.6 Å². The molecule has 104 valence electrons. The Labute approximate surface area is 108 Å². The molecule has 7 heteroatoms. The van der Waals surface area contributed by atoms with E-state index in [0.29, 0.717) is 5.56 Å². The Morgan fingerprint density at radius 2 is 1.79 bits per heavy atom. The van der Waals surface area contributed by atoms with Gasteiger partial charge in [0, 0.05) is 12.6 Å². The Hall–Kier alpha value is -2.02. The largest absolute Gasteiger partial charge is 0.480 e. The van der Waals surface area contributed by atoms with Crippen LogP contribution in [0, 0.1) is 11.6 Å². The normalized spacial score (nSPS) is 10.2. The predicted molar refractivity (Wildman–Crippen MR) is 61.5 cm³/mol. The number of halogens is 2. The van der Waals surface area contributed by atoms with Crippen LogP contribution in [-0.2, 0) is 20.7 Å². The van der Waals surface area contributed by atoms with Crippen LogP contribution in [0.4, 0.5) is 8.78 Å². The van der Waals surface area contributed by atoms with Crippen LogP contribution in [0.15, 0.2) is 18.2 Å². The van der Waals surface area contributed by atoms with Crippen LogP contribution >= 0.6 is 0 Å². The van der Waals surface area contributed by atoms with Crippen LogP contribution in [0.25, 0.3) is 0 Å². The molecule has 2 N–H and O–H groups in total. The molecule has 0 aliphatic rings. The Kier molecular flexibility index (Phi) is 5.87. The summed E-state index contributed by atoms with van der Waals surface area (Å²) >= 11 is 0. The second kappa shape index (κ2) is 7.42. The summed E-state index contributed by atoms with van der Waals surface area (Å²) in [6.45, 7) is -0.746. The quantitative estimate of drug-likeness (QED) is 0.767. The van der Waals surface area contributed by atoms with Crippen molar-refractivity contribution in [2.24, 2.45) is 0 Å². The molecule has 0 unspecified atom stereocenters. The summed E-state index contributed by atoms with van der Waals surface area (Å²) < 4.78 is 30.3. The summed E-state index contributed by atoms with van der Waals surface area (Å²) in [5, 5.41) is 10.7. The molecular formula is C12H13F2NO4. The zero-order valence-electron chi connectivity index (χ0n) is 9.99. The Bertz CT molecular complexity index is 445. The molecule has 0 aliphatic heterocycles. The lowest BCUT2D eigenvalue weighted by molar-refractivity contribution is -0.143. The van der Waals surface area contributed by atoms with Gasteiger partial charge in [0.1, 0.15) is 24.8 Å². The van der Waals surface area contributed by atoms with Crippen LogP contribution in [0.2, 0.25) is 0 Å². The summed E-state index contributed by atoms with van der Waals surface area (Å²) in [7, 11) is 0. The number of carbonyl (C=O) groups excluding carboxylic acids is 1. The van der Waals surface area contributed by atoms with Gasteiger partial charge in [-0.05, 0) is 24.1 Å². The first-order chi connectivity index (χ1) is 8.97. The van der Waals surface area contributed by atoms with Gasteiger partial charge in [0.05, 0.1) is 0 Å². The van der Waals surface area contributed by atoms with Crippen molar-refractivity contribution >= 4 is 11.9 Å². The molecule has 0 spiro atoms. The van der Waals surface area contributed by atoms with Crippen molar-refractivity contribution in [1.82, 2.24) is 5.32 Å². The van der Waals surface area contributed by atoms with Crippen molar-refractivity contribution in [3.05, 3.63) is 35.4 Å². The van der Waals surface area contributed by atoms with Gasteiger partial charge < -0.3 is 15.2 Å². The molecule has 0 saturated heterocycles. The van der Waals surface area contributed by atoms with Crippen molar-refractivity contribution in [3.63, 3.8) is 0 Å². The van der Waals surface area contributed by atoms with Gasteiger partial charge in [-0.3, -0.25) is 4.79 Å². The van der Waals surface area contributed by atoms with Gasteiger partial charge in [-0.2, -0.15) is 0 Å². The lowest BCUT2D eigenvalue weighted by atomic mass is 10.1. The highest BCUT2D eigenvalue weighted by Gasteiger charge is 2.04. The van der Waals surface area contributed by atoms with Crippen molar-refractivity contribution < 1.29 is 28.2 Å². The van der Waals surface area contributed by atoms with Crippen LogP contribution in [-0.4, -0.2) is 36.7 Å². The van der Waals surface area contributed by atoms with Gasteiger partial charge >= 0.3 is 5.97 Å². The Morgan fingerprint density at radius 1 is 1.16 bits per heavy atom. The minimum atomic E-state index is -1.16. The minimum Gasteiger partial charge on any atom is -0.480 e. The Balaban J connectivity index is 2.26. The Morgan fingerprint density at radius 3 is 2.37 bits per heavy atom. The van der Waals surface area contributed by atoms with E-state index in [9.17, 15) is 18.4 Å². The van der Waals surface area contributed by atoms with E-state index >= 15 is 0 Å². The number of aliphatic carboxylic acids is 1. The van der Waals surface area contributed by atoms with E-state index in [0.717, 1.165) is 6.07 Å². The third-order valence-corrected chi connectivity index (χ3v) is 2.12. The highest BCUT2D eigenvalue weighted by atomic mass is 19.1. The molecule has 1 aromatic carbocycles. The van der Waals surface area contributed by atoms with Crippen molar-refractivity contribution in [2.75, 3.05) is 19.8 Å². The number of hydrogen-bond donors (Lipinski definition) is 2. The number of nitrogens with one attached hydrogen (secondary N) is 1. The first kappa shape index (κ1) is 15.0. The van der Waals surface area contributed by atoms with Crippen LogP contribution in [0.1, 0.15) is 5.56 Å². The smallest absolute Gasteiger partial charge is 0.329 e. The fraction of sp³-hybridized carbons (Fsp3) is 0.333. The van der Waals surface area contributed by atoms with E-state index in [4.69, 9.17) is 5.11 Å². The van der Waals surface area contributed by atoms with E-state index in [1.165, 1.54) is 12.1 Å². The molecule has 0 heterocycles. The van der Waals surface area contributed by atoms with Gasteiger partial charge in [0.2, 0.25) is 5.91 Å². The molecule has 1 aromatic rings. The molecule has 0 fully saturated rings. The predicted octanol–water partition coefficient (Wildman–Crippen LogP) is 0.725. The summed E-state index contributed by atoms with van der Waals surface area (Å²) in [6.07, 6.45) is 0.263. The number of carboxylic acids is 1. The van der Waals surface area contributed by atoms with E-state index in [1.807, 2.05) is 0 Å². The average Bonchev–Trinajstić information content (AvgIpc) is 2.27. The monoisotopic (exact) mass is 273 g/mol. The minimum absolute atomic E-state index is 0.179. The van der Waals surface area contributed by atoms with Gasteiger partial charge in [-0.1, -0.05) is 0 Å². The molecule has 0 aromatic heterocycles. The molecular weight excluding hydrogens is 260 g/mol. The van der Waals surface area contributed by atoms with Crippen molar-refractivity contribution in [1.29, 1.82) is 0 Å². The summed E-state index contributed by atoms with van der Waals surface area (Å²) in [5.74, 6) is -3.00. The molecule has 0 saturated carbocycles. The third kappa shape index (κ3) is 6.46. The first-order valence-electron chi connectivity index (χ1n) is 5.48. The second-order valence-electron chi connectivity index (χ2n) is 3.76. The van der Waals surface area contributed by atoms with Gasteiger partial charge in [-0.15, -0.1) is 0 Å². The molecule has 0 aliphatic carbocycles. The van der Waals surface area contributed by atoms with Crippen molar-refractivity contribution in [3.8, 4) is 0 Å². The first-order valence-corrected chi connectivity index (χ1v) is 5.48. The number of benzene rings is 1. The molecule has 1 rings (SSSR count). The van der Waals surface area contributed by atoms with Crippen LogP contribution < -0.4 is 5.32 Å². The topological polar surface area (TPSA) is 75.6 Å². The maximum absolute atomic E-state index is 12.9. The zero-order valence-corrected chi connectivity index (χ0v) is 9.99. The van der Waals surface area contributed by atoms with E-state index in [2.05, 4.69) is 10.1 Å². The van der Waals surface area contributed by atoms with Crippen molar-refractivity contribution in [2.45, 2.75) is 6.42 Å².